The van der Waals surface area contributed by atoms with E-state index in [1.54, 1.807) is 0 Å². The molecule has 0 saturated carbocycles. The fourth-order valence-corrected chi connectivity index (χ4v) is 4.40. The summed E-state index contributed by atoms with van der Waals surface area (Å²) < 4.78 is 48.0. The van der Waals surface area contributed by atoms with E-state index in [1.165, 1.54) is 12.1 Å². The Labute approximate surface area is 121 Å². The highest BCUT2D eigenvalue weighted by molar-refractivity contribution is 7.93. The molecule has 0 amide bonds. The van der Waals surface area contributed by atoms with Gasteiger partial charge in [-0.2, -0.15) is 0 Å². The van der Waals surface area contributed by atoms with Crippen molar-refractivity contribution in [3.05, 3.63) is 42.5 Å². The van der Waals surface area contributed by atoms with Crippen molar-refractivity contribution in [2.24, 2.45) is 5.14 Å². The minimum atomic E-state index is -4.20. The maximum absolute atomic E-state index is 12.5. The van der Waals surface area contributed by atoms with Crippen LogP contribution in [0.3, 0.4) is 0 Å². The van der Waals surface area contributed by atoms with Crippen LogP contribution in [0, 0.1) is 0 Å². The molecule has 0 unspecified atom stereocenters. The number of benzene rings is 2. The maximum Gasteiger partial charge on any atom is 0.239 e. The Balaban J connectivity index is 2.74. The van der Waals surface area contributed by atoms with Crippen LogP contribution in [0.1, 0.15) is 0 Å². The smallest absolute Gasteiger partial charge is 0.239 e. The van der Waals surface area contributed by atoms with Gasteiger partial charge in [-0.05, 0) is 30.3 Å². The molecule has 0 saturated heterocycles. The molecule has 2 rings (SSSR count). The Kier molecular flexibility index (Phi) is 3.66. The number of nitrogens with two attached hydrogens (primary N) is 2. The molecular weight excluding hydrogens is 316 g/mol. The zero-order valence-corrected chi connectivity index (χ0v) is 12.2. The lowest BCUT2D eigenvalue weighted by Gasteiger charge is -2.10. The molecule has 0 aromatic heterocycles. The van der Waals surface area contributed by atoms with Gasteiger partial charge in [-0.3, -0.25) is 0 Å². The third kappa shape index (κ3) is 2.84. The minimum Gasteiger partial charge on any atom is -0.506 e. The van der Waals surface area contributed by atoms with Crippen molar-refractivity contribution in [2.45, 2.75) is 14.7 Å². The molecule has 0 fully saturated rings. The van der Waals surface area contributed by atoms with Crippen LogP contribution in [-0.4, -0.2) is 21.9 Å². The lowest BCUT2D eigenvalue weighted by atomic mass is 10.3. The second-order valence-electron chi connectivity index (χ2n) is 4.22. The van der Waals surface area contributed by atoms with Crippen LogP contribution in [0.25, 0.3) is 0 Å². The Morgan fingerprint density at radius 3 is 2.00 bits per heavy atom. The van der Waals surface area contributed by atoms with Gasteiger partial charge >= 0.3 is 0 Å². The molecule has 2 aromatic rings. The molecule has 112 valence electrons. The summed E-state index contributed by atoms with van der Waals surface area (Å²) in [4.78, 5) is -1.19. The predicted octanol–water partition coefficient (Wildman–Crippen LogP) is 0.455. The van der Waals surface area contributed by atoms with Crippen molar-refractivity contribution in [3.63, 3.8) is 0 Å². The summed E-state index contributed by atoms with van der Waals surface area (Å²) in [5.74, 6) is -0.270. The molecule has 0 aliphatic rings. The van der Waals surface area contributed by atoms with Gasteiger partial charge in [0.05, 0.1) is 15.5 Å². The Bertz CT molecular complexity index is 905. The van der Waals surface area contributed by atoms with E-state index in [4.69, 9.17) is 10.9 Å². The summed E-state index contributed by atoms with van der Waals surface area (Å²) in [6.45, 7) is 0. The third-order valence-corrected chi connectivity index (χ3v) is 5.66. The van der Waals surface area contributed by atoms with Gasteiger partial charge in [0.1, 0.15) is 10.6 Å². The fourth-order valence-electron chi connectivity index (χ4n) is 1.73. The van der Waals surface area contributed by atoms with Crippen molar-refractivity contribution < 1.29 is 21.9 Å². The highest BCUT2D eigenvalue weighted by Gasteiger charge is 2.26. The molecule has 0 spiro atoms. The van der Waals surface area contributed by atoms with Crippen LogP contribution < -0.4 is 10.9 Å². The largest absolute Gasteiger partial charge is 0.506 e. The SMILES string of the molecule is Nc1cc(S(=O)(=O)c2ccccc2S(N)(=O)=O)ccc1O. The topological polar surface area (TPSA) is 141 Å². The Morgan fingerprint density at radius 1 is 0.905 bits per heavy atom. The van der Waals surface area contributed by atoms with Gasteiger partial charge < -0.3 is 10.8 Å². The first-order valence-electron chi connectivity index (χ1n) is 5.59. The number of anilines is 1. The molecule has 9 heteroatoms. The van der Waals surface area contributed by atoms with Crippen LogP contribution in [0.2, 0.25) is 0 Å². The average molecular weight is 328 g/mol. The second kappa shape index (κ2) is 5.02. The second-order valence-corrected chi connectivity index (χ2v) is 7.66. The number of aromatic hydroxyl groups is 1. The Morgan fingerprint density at radius 2 is 1.48 bits per heavy atom. The highest BCUT2D eigenvalue weighted by atomic mass is 32.2. The number of phenolic OH excluding ortho intramolecular Hbond substituents is 1. The number of phenols is 1. The van der Waals surface area contributed by atoms with E-state index in [-0.39, 0.29) is 16.3 Å². The van der Waals surface area contributed by atoms with E-state index in [1.807, 2.05) is 0 Å². The zero-order valence-electron chi connectivity index (χ0n) is 10.6. The predicted molar refractivity (Wildman–Crippen MR) is 75.8 cm³/mol. The monoisotopic (exact) mass is 328 g/mol. The Hall–Kier alpha value is -2.10. The van der Waals surface area contributed by atoms with Crippen LogP contribution in [0.5, 0.6) is 5.75 Å². The van der Waals surface area contributed by atoms with Crippen molar-refractivity contribution in [1.29, 1.82) is 0 Å². The molecule has 0 atom stereocenters. The molecule has 2 aromatic carbocycles. The molecule has 5 N–H and O–H groups in total. The van der Waals surface area contributed by atoms with Crippen LogP contribution >= 0.6 is 0 Å². The molecule has 0 heterocycles. The van der Waals surface area contributed by atoms with Gasteiger partial charge in [0.25, 0.3) is 0 Å². The van der Waals surface area contributed by atoms with Crippen LogP contribution in [0.4, 0.5) is 5.69 Å². The van der Waals surface area contributed by atoms with Crippen LogP contribution in [0.15, 0.2) is 57.2 Å². The molecule has 0 aliphatic carbocycles. The number of primary sulfonamides is 1. The van der Waals surface area contributed by atoms with Crippen LogP contribution in [-0.2, 0) is 19.9 Å². The summed E-state index contributed by atoms with van der Waals surface area (Å²) in [6.07, 6.45) is 0. The van der Waals surface area contributed by atoms with Gasteiger partial charge in [0.2, 0.25) is 19.9 Å². The third-order valence-electron chi connectivity index (χ3n) is 2.75. The molecule has 0 bridgehead atoms. The molecular formula is C12H12N2O5S2. The molecule has 0 radical (unpaired) electrons. The number of rotatable bonds is 3. The van der Waals surface area contributed by atoms with E-state index in [0.29, 0.717) is 0 Å². The highest BCUT2D eigenvalue weighted by Crippen LogP contribution is 2.30. The summed E-state index contributed by atoms with van der Waals surface area (Å²) in [7, 11) is -8.35. The lowest BCUT2D eigenvalue weighted by Crippen LogP contribution is -2.16. The normalized spacial score (nSPS) is 12.2. The van der Waals surface area contributed by atoms with Crippen molar-refractivity contribution in [3.8, 4) is 5.75 Å². The summed E-state index contributed by atoms with van der Waals surface area (Å²) in [6, 6.07) is 8.27. The number of hydrogen-bond donors (Lipinski definition) is 3. The van der Waals surface area contributed by atoms with E-state index in [9.17, 15) is 21.9 Å². The molecule has 0 aliphatic heterocycles. The van der Waals surface area contributed by atoms with Gasteiger partial charge in [0, 0.05) is 0 Å². The zero-order chi connectivity index (χ0) is 15.8. The number of hydrogen-bond acceptors (Lipinski definition) is 6. The quantitative estimate of drug-likeness (QED) is 0.552. The van der Waals surface area contributed by atoms with Gasteiger partial charge in [-0.15, -0.1) is 0 Å². The van der Waals surface area contributed by atoms with Crippen molar-refractivity contribution >= 4 is 25.5 Å². The van der Waals surface area contributed by atoms with E-state index < -0.39 is 29.7 Å². The first-order chi connectivity index (χ1) is 9.64. The van der Waals surface area contributed by atoms with Gasteiger partial charge in [-0.1, -0.05) is 12.1 Å². The first kappa shape index (κ1) is 15.3. The molecule has 21 heavy (non-hydrogen) atoms. The minimum absolute atomic E-state index is 0.135. The van der Waals surface area contributed by atoms with Gasteiger partial charge in [0.15, 0.2) is 0 Å². The van der Waals surface area contributed by atoms with Crippen molar-refractivity contribution in [1.82, 2.24) is 0 Å². The van der Waals surface area contributed by atoms with Gasteiger partial charge in [-0.25, -0.2) is 22.0 Å². The number of sulfone groups is 1. The first-order valence-corrected chi connectivity index (χ1v) is 8.62. The summed E-state index contributed by atoms with van der Waals surface area (Å²) in [5, 5.41) is 14.4. The van der Waals surface area contributed by atoms with E-state index in [0.717, 1.165) is 30.3 Å². The fraction of sp³-hybridized carbons (Fsp3) is 0. The number of nitrogen functional groups attached to an aromatic ring is 1. The van der Waals surface area contributed by atoms with E-state index in [2.05, 4.69) is 0 Å². The lowest BCUT2D eigenvalue weighted by molar-refractivity contribution is 0.477. The summed E-state index contributed by atoms with van der Waals surface area (Å²) >= 11 is 0. The average Bonchev–Trinajstić information content (AvgIpc) is 2.41. The maximum atomic E-state index is 12.5. The van der Waals surface area contributed by atoms with E-state index >= 15 is 0 Å². The number of sulfonamides is 1. The standard InChI is InChI=1S/C12H12N2O5S2/c13-9-7-8(5-6-10(9)15)20(16,17)11-3-1-2-4-12(11)21(14,18)19/h1-7,15H,13H2,(H2,14,18,19). The summed E-state index contributed by atoms with van der Waals surface area (Å²) in [5.41, 5.74) is 5.33. The molecule has 7 nitrogen and oxygen atoms in total. The van der Waals surface area contributed by atoms with Crippen molar-refractivity contribution in [2.75, 3.05) is 5.73 Å².